The van der Waals surface area contributed by atoms with E-state index in [-0.39, 0.29) is 5.91 Å². The Morgan fingerprint density at radius 1 is 0.964 bits per heavy atom. The highest BCUT2D eigenvalue weighted by Gasteiger charge is 2.08. The van der Waals surface area contributed by atoms with Gasteiger partial charge in [-0.15, -0.1) is 0 Å². The molecule has 0 fully saturated rings. The lowest BCUT2D eigenvalue weighted by Crippen LogP contribution is -2.06. The minimum absolute atomic E-state index is 0.117. The normalized spacial score (nSPS) is 10.3. The van der Waals surface area contributed by atoms with Gasteiger partial charge in [-0.1, -0.05) is 12.1 Å². The molecule has 1 heterocycles. The van der Waals surface area contributed by atoms with Crippen LogP contribution in [0.5, 0.6) is 5.75 Å². The quantitative estimate of drug-likeness (QED) is 0.584. The van der Waals surface area contributed by atoms with Crippen molar-refractivity contribution in [2.75, 3.05) is 23.1 Å². The van der Waals surface area contributed by atoms with Gasteiger partial charge < -0.3 is 20.7 Å². The third-order valence-electron chi connectivity index (χ3n) is 3.91. The summed E-state index contributed by atoms with van der Waals surface area (Å²) < 4.78 is 5.41. The molecule has 0 spiro atoms. The molecule has 0 aliphatic carbocycles. The van der Waals surface area contributed by atoms with Gasteiger partial charge in [-0.25, -0.2) is 4.98 Å². The van der Waals surface area contributed by atoms with E-state index in [1.165, 1.54) is 6.92 Å². The zero-order chi connectivity index (χ0) is 20.1. The third-order valence-corrected chi connectivity index (χ3v) is 3.91. The minimum Gasteiger partial charge on any atom is -0.495 e. The molecule has 0 unspecified atom stereocenters. The number of aryl methyl sites for hydroxylation is 2. The Bertz CT molecular complexity index is 1000. The number of aromatic nitrogens is 2. The highest BCUT2D eigenvalue weighted by Crippen LogP contribution is 2.28. The first kappa shape index (κ1) is 19.2. The summed E-state index contributed by atoms with van der Waals surface area (Å²) in [6.07, 6.45) is 0. The zero-order valence-corrected chi connectivity index (χ0v) is 16.3. The first-order valence-electron chi connectivity index (χ1n) is 8.85. The van der Waals surface area contributed by atoms with Crippen LogP contribution in [0.15, 0.2) is 48.5 Å². The van der Waals surface area contributed by atoms with Crippen LogP contribution in [0.4, 0.5) is 28.8 Å². The first-order chi connectivity index (χ1) is 13.4. The second kappa shape index (κ2) is 8.39. The zero-order valence-electron chi connectivity index (χ0n) is 16.3. The average molecular weight is 377 g/mol. The van der Waals surface area contributed by atoms with Crippen LogP contribution in [-0.4, -0.2) is 23.0 Å². The molecule has 7 nitrogen and oxygen atoms in total. The molecule has 2 aromatic carbocycles. The number of rotatable bonds is 6. The van der Waals surface area contributed by atoms with E-state index < -0.39 is 0 Å². The molecule has 144 valence electrons. The van der Waals surface area contributed by atoms with Gasteiger partial charge in [0, 0.05) is 30.1 Å². The molecule has 7 heteroatoms. The number of hydrogen-bond donors (Lipinski definition) is 3. The fraction of sp³-hybridized carbons (Fsp3) is 0.190. The Morgan fingerprint density at radius 3 is 2.50 bits per heavy atom. The van der Waals surface area contributed by atoms with Gasteiger partial charge in [0.05, 0.1) is 12.8 Å². The van der Waals surface area contributed by atoms with Crippen LogP contribution >= 0.6 is 0 Å². The van der Waals surface area contributed by atoms with E-state index in [4.69, 9.17) is 4.74 Å². The minimum atomic E-state index is -0.117. The van der Waals surface area contributed by atoms with E-state index in [0.717, 1.165) is 22.6 Å². The summed E-state index contributed by atoms with van der Waals surface area (Å²) in [6, 6.07) is 15.1. The van der Waals surface area contributed by atoms with E-state index in [0.29, 0.717) is 23.2 Å². The van der Waals surface area contributed by atoms with Crippen LogP contribution in [0.3, 0.4) is 0 Å². The van der Waals surface area contributed by atoms with Crippen LogP contribution in [0.1, 0.15) is 18.2 Å². The van der Waals surface area contributed by atoms with Crippen molar-refractivity contribution >= 4 is 34.7 Å². The molecule has 0 atom stereocenters. The highest BCUT2D eigenvalue weighted by atomic mass is 16.5. The van der Waals surface area contributed by atoms with Crippen LogP contribution in [0.2, 0.25) is 0 Å². The summed E-state index contributed by atoms with van der Waals surface area (Å²) in [5, 5.41) is 9.24. The highest BCUT2D eigenvalue weighted by molar-refractivity contribution is 5.89. The maximum atomic E-state index is 11.3. The van der Waals surface area contributed by atoms with Gasteiger partial charge in [0.25, 0.3) is 0 Å². The van der Waals surface area contributed by atoms with Gasteiger partial charge in [0.15, 0.2) is 0 Å². The Morgan fingerprint density at radius 2 is 1.75 bits per heavy atom. The number of carbonyl (C=O) groups is 1. The van der Waals surface area contributed by atoms with Crippen LogP contribution in [0, 0.1) is 13.8 Å². The molecule has 0 saturated heterocycles. The Labute approximate surface area is 164 Å². The molecule has 3 N–H and O–H groups in total. The number of hydrogen-bond acceptors (Lipinski definition) is 6. The van der Waals surface area contributed by atoms with Crippen LogP contribution in [-0.2, 0) is 4.79 Å². The van der Waals surface area contributed by atoms with E-state index in [9.17, 15) is 4.79 Å². The summed E-state index contributed by atoms with van der Waals surface area (Å²) in [6.45, 7) is 5.39. The lowest BCUT2D eigenvalue weighted by atomic mass is 10.2. The Balaban J connectivity index is 1.84. The third kappa shape index (κ3) is 4.97. The molecule has 1 aromatic heterocycles. The van der Waals surface area contributed by atoms with Crippen LogP contribution < -0.4 is 20.7 Å². The predicted octanol–water partition coefficient (Wildman–Crippen LogP) is 4.55. The molecule has 0 bridgehead atoms. The smallest absolute Gasteiger partial charge is 0.229 e. The van der Waals surface area contributed by atoms with Crippen LogP contribution in [0.25, 0.3) is 0 Å². The number of nitrogens with zero attached hydrogens (tertiary/aromatic N) is 2. The number of anilines is 5. The Kier molecular flexibility index (Phi) is 5.74. The maximum Gasteiger partial charge on any atom is 0.229 e. The number of amides is 1. The van der Waals surface area contributed by atoms with E-state index in [1.54, 1.807) is 7.11 Å². The van der Waals surface area contributed by atoms with Crippen molar-refractivity contribution in [3.63, 3.8) is 0 Å². The molecule has 3 aromatic rings. The van der Waals surface area contributed by atoms with Gasteiger partial charge in [-0.2, -0.15) is 4.98 Å². The topological polar surface area (TPSA) is 88.2 Å². The van der Waals surface area contributed by atoms with Crippen molar-refractivity contribution in [2.24, 2.45) is 0 Å². The van der Waals surface area contributed by atoms with Crippen molar-refractivity contribution in [2.45, 2.75) is 20.8 Å². The monoisotopic (exact) mass is 377 g/mol. The second-order valence-corrected chi connectivity index (χ2v) is 6.43. The number of benzene rings is 2. The first-order valence-corrected chi connectivity index (χ1v) is 8.85. The molecular weight excluding hydrogens is 354 g/mol. The van der Waals surface area contributed by atoms with Crippen molar-refractivity contribution in [1.29, 1.82) is 0 Å². The summed E-state index contributed by atoms with van der Waals surface area (Å²) in [5.74, 6) is 1.70. The van der Waals surface area contributed by atoms with E-state index >= 15 is 0 Å². The van der Waals surface area contributed by atoms with E-state index in [1.807, 2.05) is 62.4 Å². The van der Waals surface area contributed by atoms with Crippen molar-refractivity contribution in [3.8, 4) is 5.75 Å². The van der Waals surface area contributed by atoms with Crippen molar-refractivity contribution in [1.82, 2.24) is 9.97 Å². The standard InChI is InChI=1S/C21H23N5O2/c1-13-8-9-19(28-4)18(10-13)25-21-22-14(2)11-20(26-21)24-17-7-5-6-16(12-17)23-15(3)27/h5-12H,1-4H3,(H,23,27)(H2,22,24,25,26). The maximum absolute atomic E-state index is 11.3. The number of carbonyl (C=O) groups excluding carboxylic acids is 1. The van der Waals surface area contributed by atoms with Crippen molar-refractivity contribution in [3.05, 3.63) is 59.8 Å². The van der Waals surface area contributed by atoms with E-state index in [2.05, 4.69) is 25.9 Å². The second-order valence-electron chi connectivity index (χ2n) is 6.43. The van der Waals surface area contributed by atoms with Gasteiger partial charge in [0.1, 0.15) is 11.6 Å². The number of ether oxygens (including phenoxy) is 1. The van der Waals surface area contributed by atoms with Gasteiger partial charge >= 0.3 is 0 Å². The lowest BCUT2D eigenvalue weighted by molar-refractivity contribution is -0.114. The summed E-state index contributed by atoms with van der Waals surface area (Å²) in [5.41, 5.74) is 4.23. The summed E-state index contributed by atoms with van der Waals surface area (Å²) >= 11 is 0. The molecule has 0 radical (unpaired) electrons. The molecular formula is C21H23N5O2. The van der Waals surface area contributed by atoms with Crippen molar-refractivity contribution < 1.29 is 9.53 Å². The molecule has 3 rings (SSSR count). The number of methoxy groups -OCH3 is 1. The molecule has 0 saturated carbocycles. The Hall–Kier alpha value is -3.61. The lowest BCUT2D eigenvalue weighted by Gasteiger charge is -2.13. The molecule has 28 heavy (non-hydrogen) atoms. The number of nitrogens with one attached hydrogen (secondary N) is 3. The SMILES string of the molecule is COc1ccc(C)cc1Nc1nc(C)cc(Nc2cccc(NC(C)=O)c2)n1. The fourth-order valence-electron chi connectivity index (χ4n) is 2.75. The largest absolute Gasteiger partial charge is 0.495 e. The fourth-order valence-corrected chi connectivity index (χ4v) is 2.75. The summed E-state index contributed by atoms with van der Waals surface area (Å²) in [4.78, 5) is 20.3. The predicted molar refractivity (Wildman–Crippen MR) is 112 cm³/mol. The summed E-state index contributed by atoms with van der Waals surface area (Å²) in [7, 11) is 1.63. The average Bonchev–Trinajstić information content (AvgIpc) is 2.61. The molecule has 0 aliphatic heterocycles. The molecule has 1 amide bonds. The van der Waals surface area contributed by atoms with Gasteiger partial charge in [-0.05, 0) is 49.7 Å². The van der Waals surface area contributed by atoms with Gasteiger partial charge in [0.2, 0.25) is 11.9 Å². The van der Waals surface area contributed by atoms with Gasteiger partial charge in [-0.3, -0.25) is 4.79 Å². The molecule has 0 aliphatic rings.